The zero-order valence-electron chi connectivity index (χ0n) is 13.6. The fourth-order valence-electron chi connectivity index (χ4n) is 2.23. The van der Waals surface area contributed by atoms with E-state index in [1.807, 2.05) is 62.4 Å². The van der Waals surface area contributed by atoms with Crippen LogP contribution in [0.25, 0.3) is 0 Å². The number of nitrogens with zero attached hydrogens (tertiary/aromatic N) is 2. The standard InChI is InChI=1S/C19H18N4O/c1-13-7-9-15(10-8-13)22-19(24)17-11-18(21-12-20-17)23-16-6-4-3-5-14(16)2/h3-12H,1-2H3,(H,22,24)(H,20,21,23). The van der Waals surface area contributed by atoms with Crippen LogP contribution in [0.15, 0.2) is 60.9 Å². The van der Waals surface area contributed by atoms with E-state index in [2.05, 4.69) is 20.6 Å². The Morgan fingerprint density at radius 2 is 1.71 bits per heavy atom. The lowest BCUT2D eigenvalue weighted by atomic mass is 10.2. The number of carbonyl (C=O) groups is 1. The van der Waals surface area contributed by atoms with Gasteiger partial charge < -0.3 is 10.6 Å². The molecule has 1 aromatic heterocycles. The third-order valence-electron chi connectivity index (χ3n) is 3.62. The van der Waals surface area contributed by atoms with Gasteiger partial charge in [-0.15, -0.1) is 0 Å². The summed E-state index contributed by atoms with van der Waals surface area (Å²) in [5.74, 6) is 0.308. The predicted molar refractivity (Wildman–Crippen MR) is 95.6 cm³/mol. The molecule has 3 rings (SSSR count). The minimum atomic E-state index is -0.269. The number of anilines is 3. The van der Waals surface area contributed by atoms with E-state index in [1.165, 1.54) is 6.33 Å². The minimum absolute atomic E-state index is 0.269. The molecule has 0 radical (unpaired) electrons. The SMILES string of the molecule is Cc1ccc(NC(=O)c2cc(Nc3ccccc3C)ncn2)cc1. The Hall–Kier alpha value is -3.21. The number of para-hydroxylation sites is 1. The van der Waals surface area contributed by atoms with Crippen LogP contribution in [0.5, 0.6) is 0 Å². The van der Waals surface area contributed by atoms with Gasteiger partial charge >= 0.3 is 0 Å². The van der Waals surface area contributed by atoms with Gasteiger partial charge in [0.2, 0.25) is 0 Å². The van der Waals surface area contributed by atoms with Crippen molar-refractivity contribution in [2.45, 2.75) is 13.8 Å². The van der Waals surface area contributed by atoms with E-state index in [9.17, 15) is 4.79 Å². The lowest BCUT2D eigenvalue weighted by molar-refractivity contribution is 0.102. The van der Waals surface area contributed by atoms with Crippen molar-refractivity contribution < 1.29 is 4.79 Å². The number of nitrogens with one attached hydrogen (secondary N) is 2. The van der Waals surface area contributed by atoms with Gasteiger partial charge in [0.05, 0.1) is 0 Å². The summed E-state index contributed by atoms with van der Waals surface area (Å²) in [6.07, 6.45) is 1.38. The van der Waals surface area contributed by atoms with Crippen molar-refractivity contribution in [1.82, 2.24) is 9.97 Å². The van der Waals surface area contributed by atoms with Crippen molar-refractivity contribution in [3.63, 3.8) is 0 Å². The third kappa shape index (κ3) is 3.76. The molecular formula is C19H18N4O. The summed E-state index contributed by atoms with van der Waals surface area (Å²) in [5.41, 5.74) is 4.22. The van der Waals surface area contributed by atoms with Gasteiger partial charge in [-0.1, -0.05) is 35.9 Å². The maximum atomic E-state index is 12.3. The van der Waals surface area contributed by atoms with E-state index >= 15 is 0 Å². The van der Waals surface area contributed by atoms with Gasteiger partial charge in [-0.25, -0.2) is 9.97 Å². The quantitative estimate of drug-likeness (QED) is 0.760. The molecule has 1 heterocycles. The Kier molecular flexibility index (Phi) is 4.52. The summed E-state index contributed by atoms with van der Waals surface area (Å²) in [6, 6.07) is 17.1. The van der Waals surface area contributed by atoms with Crippen molar-refractivity contribution in [3.8, 4) is 0 Å². The molecule has 0 saturated carbocycles. The van der Waals surface area contributed by atoms with Gasteiger partial charge in [0.15, 0.2) is 0 Å². The first kappa shape index (κ1) is 15.7. The van der Waals surface area contributed by atoms with Crippen LogP contribution in [0, 0.1) is 13.8 Å². The molecule has 2 aromatic carbocycles. The fourth-order valence-corrected chi connectivity index (χ4v) is 2.23. The molecule has 0 aliphatic rings. The first-order valence-electron chi connectivity index (χ1n) is 7.64. The van der Waals surface area contributed by atoms with E-state index in [0.29, 0.717) is 11.5 Å². The van der Waals surface area contributed by atoms with Gasteiger partial charge in [-0.05, 0) is 37.6 Å². The first-order chi connectivity index (χ1) is 11.6. The number of amides is 1. The molecule has 0 aliphatic carbocycles. The summed E-state index contributed by atoms with van der Waals surface area (Å²) in [6.45, 7) is 4.01. The van der Waals surface area contributed by atoms with Crippen LogP contribution >= 0.6 is 0 Å². The molecule has 3 aromatic rings. The van der Waals surface area contributed by atoms with Gasteiger partial charge in [-0.2, -0.15) is 0 Å². The van der Waals surface area contributed by atoms with Crippen molar-refractivity contribution in [2.75, 3.05) is 10.6 Å². The Morgan fingerprint density at radius 3 is 2.46 bits per heavy atom. The number of rotatable bonds is 4. The van der Waals surface area contributed by atoms with Crippen LogP contribution in [0.1, 0.15) is 21.6 Å². The maximum absolute atomic E-state index is 12.3. The Bertz CT molecular complexity index is 859. The van der Waals surface area contributed by atoms with E-state index in [-0.39, 0.29) is 5.91 Å². The molecule has 0 spiro atoms. The van der Waals surface area contributed by atoms with Crippen LogP contribution in [-0.4, -0.2) is 15.9 Å². The van der Waals surface area contributed by atoms with E-state index < -0.39 is 0 Å². The lowest BCUT2D eigenvalue weighted by Gasteiger charge is -2.09. The molecule has 24 heavy (non-hydrogen) atoms. The van der Waals surface area contributed by atoms with Gasteiger partial charge in [-0.3, -0.25) is 4.79 Å². The Labute approximate surface area is 140 Å². The molecular weight excluding hydrogens is 300 g/mol. The Morgan fingerprint density at radius 1 is 0.958 bits per heavy atom. The van der Waals surface area contributed by atoms with E-state index in [0.717, 1.165) is 22.5 Å². The van der Waals surface area contributed by atoms with Crippen molar-refractivity contribution in [2.24, 2.45) is 0 Å². The average Bonchev–Trinajstić information content (AvgIpc) is 2.59. The van der Waals surface area contributed by atoms with Crippen LogP contribution in [0.3, 0.4) is 0 Å². The molecule has 0 bridgehead atoms. The summed E-state index contributed by atoms with van der Waals surface area (Å²) in [7, 11) is 0. The highest BCUT2D eigenvalue weighted by Crippen LogP contribution is 2.19. The fraction of sp³-hybridized carbons (Fsp3) is 0.105. The van der Waals surface area contributed by atoms with Crippen LogP contribution in [0.2, 0.25) is 0 Å². The topological polar surface area (TPSA) is 66.9 Å². The number of hydrogen-bond acceptors (Lipinski definition) is 4. The van der Waals surface area contributed by atoms with E-state index in [1.54, 1.807) is 6.07 Å². The number of aromatic nitrogens is 2. The summed E-state index contributed by atoms with van der Waals surface area (Å²) in [5, 5.41) is 6.04. The molecule has 5 heteroatoms. The number of benzene rings is 2. The van der Waals surface area contributed by atoms with E-state index in [4.69, 9.17) is 0 Å². The third-order valence-corrected chi connectivity index (χ3v) is 3.62. The smallest absolute Gasteiger partial charge is 0.274 e. The maximum Gasteiger partial charge on any atom is 0.274 e. The lowest BCUT2D eigenvalue weighted by Crippen LogP contribution is -2.14. The number of aryl methyl sites for hydroxylation is 2. The predicted octanol–water partition coefficient (Wildman–Crippen LogP) is 4.09. The largest absolute Gasteiger partial charge is 0.340 e. The van der Waals surface area contributed by atoms with Gasteiger partial charge in [0.1, 0.15) is 17.8 Å². The molecule has 1 amide bonds. The monoisotopic (exact) mass is 318 g/mol. The molecule has 120 valence electrons. The van der Waals surface area contributed by atoms with Crippen molar-refractivity contribution >= 4 is 23.1 Å². The molecule has 0 fully saturated rings. The highest BCUT2D eigenvalue weighted by atomic mass is 16.1. The molecule has 0 atom stereocenters. The highest BCUT2D eigenvalue weighted by molar-refractivity contribution is 6.03. The zero-order valence-corrected chi connectivity index (χ0v) is 13.6. The summed E-state index contributed by atoms with van der Waals surface area (Å²) < 4.78 is 0. The molecule has 0 saturated heterocycles. The number of hydrogen-bond donors (Lipinski definition) is 2. The molecule has 2 N–H and O–H groups in total. The Balaban J connectivity index is 1.76. The summed E-state index contributed by atoms with van der Waals surface area (Å²) in [4.78, 5) is 20.6. The molecule has 0 unspecified atom stereocenters. The average molecular weight is 318 g/mol. The highest BCUT2D eigenvalue weighted by Gasteiger charge is 2.09. The van der Waals surface area contributed by atoms with Gasteiger partial charge in [0, 0.05) is 17.4 Å². The normalized spacial score (nSPS) is 10.2. The second-order valence-corrected chi connectivity index (χ2v) is 5.55. The van der Waals surface area contributed by atoms with Crippen molar-refractivity contribution in [1.29, 1.82) is 0 Å². The van der Waals surface area contributed by atoms with Crippen molar-refractivity contribution in [3.05, 3.63) is 77.7 Å². The van der Waals surface area contributed by atoms with Crippen LogP contribution in [0.4, 0.5) is 17.2 Å². The summed E-state index contributed by atoms with van der Waals surface area (Å²) >= 11 is 0. The number of carbonyl (C=O) groups excluding carboxylic acids is 1. The van der Waals surface area contributed by atoms with Crippen LogP contribution < -0.4 is 10.6 Å². The second kappa shape index (κ2) is 6.91. The minimum Gasteiger partial charge on any atom is -0.340 e. The second-order valence-electron chi connectivity index (χ2n) is 5.55. The van der Waals surface area contributed by atoms with Crippen LogP contribution in [-0.2, 0) is 0 Å². The van der Waals surface area contributed by atoms with Gasteiger partial charge in [0.25, 0.3) is 5.91 Å². The molecule has 5 nitrogen and oxygen atoms in total. The molecule has 0 aliphatic heterocycles. The first-order valence-corrected chi connectivity index (χ1v) is 7.64. The zero-order chi connectivity index (χ0) is 16.9.